The number of hydrogen-bond acceptors (Lipinski definition) is 1. The summed E-state index contributed by atoms with van der Waals surface area (Å²) < 4.78 is 0. The van der Waals surface area contributed by atoms with Crippen LogP contribution >= 0.6 is 0 Å². The molecule has 0 aromatic heterocycles. The normalized spacial score (nSPS) is 28.5. The summed E-state index contributed by atoms with van der Waals surface area (Å²) in [5.41, 5.74) is 3.35. The van der Waals surface area contributed by atoms with Crippen LogP contribution in [0.4, 0.5) is 0 Å². The molecule has 2 heteroatoms. The maximum atomic E-state index is 11.3. The Bertz CT molecular complexity index is 264. The lowest BCUT2D eigenvalue weighted by Crippen LogP contribution is -2.18. The van der Waals surface area contributed by atoms with E-state index in [1.54, 1.807) is 0 Å². The Morgan fingerprint density at radius 1 is 1.38 bits per heavy atom. The van der Waals surface area contributed by atoms with Crippen LogP contribution in [0.5, 0.6) is 0 Å². The van der Waals surface area contributed by atoms with Crippen LogP contribution < -0.4 is 0 Å². The fourth-order valence-corrected chi connectivity index (χ4v) is 2.12. The molecule has 1 aliphatic rings. The minimum atomic E-state index is -1.25. The van der Waals surface area contributed by atoms with Crippen molar-refractivity contribution in [2.24, 2.45) is 11.8 Å². The Hall–Kier alpha value is -0.553. The fourth-order valence-electron chi connectivity index (χ4n) is 1.51. The Morgan fingerprint density at radius 3 is 2.38 bits per heavy atom. The van der Waals surface area contributed by atoms with Gasteiger partial charge in [0.1, 0.15) is 13.9 Å². The molecular weight excluding hydrogens is 176 g/mol. The zero-order chi connectivity index (χ0) is 10.1. The molecule has 0 radical (unpaired) electrons. The van der Waals surface area contributed by atoms with Gasteiger partial charge >= 0.3 is 0 Å². The first-order valence-corrected chi connectivity index (χ1v) is 8.45. The van der Waals surface area contributed by atoms with E-state index in [1.807, 2.05) is 6.92 Å². The highest BCUT2D eigenvalue weighted by Gasteiger charge is 2.29. The molecule has 0 bridgehead atoms. The van der Waals surface area contributed by atoms with E-state index >= 15 is 0 Å². The third kappa shape index (κ3) is 3.00. The van der Waals surface area contributed by atoms with Crippen LogP contribution in [0.25, 0.3) is 0 Å². The minimum absolute atomic E-state index is 0.184. The summed E-state index contributed by atoms with van der Waals surface area (Å²) >= 11 is 0. The van der Waals surface area contributed by atoms with Crippen molar-refractivity contribution in [3.8, 4) is 11.5 Å². The maximum absolute atomic E-state index is 11.3. The predicted molar refractivity (Wildman–Crippen MR) is 58.0 cm³/mol. The van der Waals surface area contributed by atoms with Gasteiger partial charge < -0.3 is 0 Å². The third-order valence-electron chi connectivity index (χ3n) is 2.45. The van der Waals surface area contributed by atoms with Crippen molar-refractivity contribution in [2.75, 3.05) is 0 Å². The van der Waals surface area contributed by atoms with Crippen LogP contribution in [0.3, 0.4) is 0 Å². The Kier molecular flexibility index (Phi) is 2.97. The second kappa shape index (κ2) is 3.67. The monoisotopic (exact) mass is 194 g/mol. The molecule has 0 amide bonds. The molecule has 72 valence electrons. The maximum Gasteiger partial charge on any atom is 0.136 e. The predicted octanol–water partition coefficient (Wildman–Crippen LogP) is 2.48. The van der Waals surface area contributed by atoms with E-state index in [1.165, 1.54) is 0 Å². The van der Waals surface area contributed by atoms with Gasteiger partial charge in [0.15, 0.2) is 0 Å². The van der Waals surface area contributed by atoms with Crippen molar-refractivity contribution in [1.29, 1.82) is 0 Å². The Morgan fingerprint density at radius 2 is 2.00 bits per heavy atom. The molecule has 0 heterocycles. The van der Waals surface area contributed by atoms with Gasteiger partial charge in [-0.2, -0.15) is 0 Å². The largest absolute Gasteiger partial charge is 0.299 e. The summed E-state index contributed by atoms with van der Waals surface area (Å²) in [5.74, 6) is 4.22. The topological polar surface area (TPSA) is 17.1 Å². The second-order valence-corrected chi connectivity index (χ2v) is 9.67. The average Bonchev–Trinajstić information content (AvgIpc) is 2.29. The Labute approximate surface area is 81.9 Å². The van der Waals surface area contributed by atoms with Gasteiger partial charge in [-0.05, 0) is 6.42 Å². The van der Waals surface area contributed by atoms with Gasteiger partial charge in [0.05, 0.1) is 0 Å². The lowest BCUT2D eigenvalue weighted by Gasteiger charge is -2.08. The molecule has 0 N–H and O–H groups in total. The van der Waals surface area contributed by atoms with E-state index in [2.05, 4.69) is 31.1 Å². The first-order valence-electron chi connectivity index (χ1n) is 4.95. The smallest absolute Gasteiger partial charge is 0.136 e. The van der Waals surface area contributed by atoms with Gasteiger partial charge in [0.25, 0.3) is 0 Å². The lowest BCUT2D eigenvalue weighted by molar-refractivity contribution is -0.120. The van der Waals surface area contributed by atoms with Crippen molar-refractivity contribution in [3.05, 3.63) is 0 Å². The first-order chi connectivity index (χ1) is 5.90. The standard InChI is InChI=1S/C11H18OSi/c1-9-10(5-6-11(9)12)7-8-13(2,3)4/h9-10H,5-6H2,1-4H3. The summed E-state index contributed by atoms with van der Waals surface area (Å²) in [4.78, 5) is 11.3. The van der Waals surface area contributed by atoms with Crippen molar-refractivity contribution in [2.45, 2.75) is 39.4 Å². The van der Waals surface area contributed by atoms with Gasteiger partial charge in [0, 0.05) is 18.3 Å². The number of ketones is 1. The van der Waals surface area contributed by atoms with Crippen molar-refractivity contribution in [1.82, 2.24) is 0 Å². The summed E-state index contributed by atoms with van der Waals surface area (Å²) in [6, 6.07) is 0. The van der Waals surface area contributed by atoms with Gasteiger partial charge in [0.2, 0.25) is 0 Å². The highest BCUT2D eigenvalue weighted by molar-refractivity contribution is 6.83. The summed E-state index contributed by atoms with van der Waals surface area (Å²) in [6.07, 6.45) is 1.73. The molecular formula is C11H18OSi. The van der Waals surface area contributed by atoms with Gasteiger partial charge in [-0.15, -0.1) is 11.5 Å². The van der Waals surface area contributed by atoms with Gasteiger partial charge in [-0.25, -0.2) is 0 Å². The molecule has 0 aromatic rings. The second-order valence-electron chi connectivity index (χ2n) is 4.92. The van der Waals surface area contributed by atoms with E-state index in [-0.39, 0.29) is 5.92 Å². The molecule has 1 nitrogen and oxygen atoms in total. The zero-order valence-electron chi connectivity index (χ0n) is 8.98. The van der Waals surface area contributed by atoms with Gasteiger partial charge in [-0.1, -0.05) is 26.6 Å². The molecule has 0 aliphatic heterocycles. The van der Waals surface area contributed by atoms with Crippen LogP contribution in [-0.2, 0) is 4.79 Å². The molecule has 1 aliphatic carbocycles. The van der Waals surface area contributed by atoms with Crippen molar-refractivity contribution < 1.29 is 4.79 Å². The summed E-state index contributed by atoms with van der Waals surface area (Å²) in [5, 5.41) is 0. The van der Waals surface area contributed by atoms with Crippen LogP contribution in [0.2, 0.25) is 19.6 Å². The van der Waals surface area contributed by atoms with Crippen LogP contribution in [0, 0.1) is 23.3 Å². The van der Waals surface area contributed by atoms with Crippen LogP contribution in [0.15, 0.2) is 0 Å². The van der Waals surface area contributed by atoms with E-state index in [4.69, 9.17) is 0 Å². The first kappa shape index (κ1) is 10.5. The molecule has 1 rings (SSSR count). The summed E-state index contributed by atoms with van der Waals surface area (Å²) in [6.45, 7) is 8.73. The number of hydrogen-bond donors (Lipinski definition) is 0. The molecule has 0 aromatic carbocycles. The molecule has 0 spiro atoms. The van der Waals surface area contributed by atoms with Gasteiger partial charge in [-0.3, -0.25) is 4.79 Å². The Balaban J connectivity index is 2.64. The molecule has 13 heavy (non-hydrogen) atoms. The zero-order valence-corrected chi connectivity index (χ0v) is 9.98. The van der Waals surface area contributed by atoms with E-state index < -0.39 is 8.07 Å². The number of rotatable bonds is 0. The minimum Gasteiger partial charge on any atom is -0.299 e. The SMILES string of the molecule is CC1C(=O)CCC1C#C[Si](C)(C)C. The molecule has 1 saturated carbocycles. The summed E-state index contributed by atoms with van der Waals surface area (Å²) in [7, 11) is -1.25. The third-order valence-corrected chi connectivity index (χ3v) is 3.34. The quantitative estimate of drug-likeness (QED) is 0.428. The highest BCUT2D eigenvalue weighted by atomic mass is 28.3. The number of carbonyl (C=O) groups excluding carboxylic acids is 1. The molecule has 2 atom stereocenters. The van der Waals surface area contributed by atoms with E-state index in [9.17, 15) is 4.79 Å². The van der Waals surface area contributed by atoms with Crippen molar-refractivity contribution >= 4 is 13.9 Å². The van der Waals surface area contributed by atoms with Crippen LogP contribution in [-0.4, -0.2) is 13.9 Å². The molecule has 0 saturated heterocycles. The van der Waals surface area contributed by atoms with Crippen LogP contribution in [0.1, 0.15) is 19.8 Å². The highest BCUT2D eigenvalue weighted by Crippen LogP contribution is 2.27. The fraction of sp³-hybridized carbons (Fsp3) is 0.727. The average molecular weight is 194 g/mol. The number of Topliss-reactive ketones (excluding diaryl/α,β-unsaturated/α-hetero) is 1. The molecule has 1 fully saturated rings. The molecule has 2 unspecified atom stereocenters. The van der Waals surface area contributed by atoms with E-state index in [0.29, 0.717) is 11.7 Å². The number of carbonyl (C=O) groups is 1. The van der Waals surface area contributed by atoms with Crippen molar-refractivity contribution in [3.63, 3.8) is 0 Å². The van der Waals surface area contributed by atoms with E-state index in [0.717, 1.165) is 12.8 Å². The lowest BCUT2D eigenvalue weighted by atomic mass is 9.99.